The lowest BCUT2D eigenvalue weighted by Gasteiger charge is -2.37. The SMILES string of the molecule is Nc1cnc(-c2ccc(C3CCC3)c(OCC3CN(C(=O)O)C3)c2F)cn1. The van der Waals surface area contributed by atoms with Crippen LogP contribution >= 0.6 is 0 Å². The van der Waals surface area contributed by atoms with Crippen LogP contribution in [0.3, 0.4) is 0 Å². The Morgan fingerprint density at radius 2 is 2.07 bits per heavy atom. The Hall–Kier alpha value is -2.90. The van der Waals surface area contributed by atoms with Gasteiger partial charge in [0.2, 0.25) is 0 Å². The topological polar surface area (TPSA) is 102 Å². The summed E-state index contributed by atoms with van der Waals surface area (Å²) in [5, 5.41) is 8.92. The number of benzene rings is 1. The van der Waals surface area contributed by atoms with Crippen LogP contribution in [-0.2, 0) is 0 Å². The third kappa shape index (κ3) is 3.39. The van der Waals surface area contributed by atoms with E-state index < -0.39 is 11.9 Å². The minimum Gasteiger partial charge on any atom is -0.490 e. The average molecular weight is 372 g/mol. The Kier molecular flexibility index (Phi) is 4.55. The maximum absolute atomic E-state index is 15.3. The molecule has 3 N–H and O–H groups in total. The van der Waals surface area contributed by atoms with Gasteiger partial charge in [-0.1, -0.05) is 12.5 Å². The number of nitrogen functional groups attached to an aromatic ring is 1. The van der Waals surface area contributed by atoms with Crippen LogP contribution in [0.1, 0.15) is 30.7 Å². The van der Waals surface area contributed by atoms with E-state index >= 15 is 4.39 Å². The zero-order valence-electron chi connectivity index (χ0n) is 14.8. The van der Waals surface area contributed by atoms with Gasteiger partial charge in [0, 0.05) is 30.1 Å². The Morgan fingerprint density at radius 1 is 1.30 bits per heavy atom. The zero-order chi connectivity index (χ0) is 19.0. The van der Waals surface area contributed by atoms with Crippen LogP contribution in [0.5, 0.6) is 5.75 Å². The van der Waals surface area contributed by atoms with E-state index in [1.165, 1.54) is 17.3 Å². The summed E-state index contributed by atoms with van der Waals surface area (Å²) < 4.78 is 21.2. The molecule has 1 saturated carbocycles. The number of nitrogens with zero attached hydrogens (tertiary/aromatic N) is 3. The first kappa shape index (κ1) is 17.5. The second kappa shape index (κ2) is 7.02. The highest BCUT2D eigenvalue weighted by atomic mass is 19.1. The molecule has 2 fully saturated rings. The van der Waals surface area contributed by atoms with Gasteiger partial charge in [0.25, 0.3) is 0 Å². The van der Waals surface area contributed by atoms with Crippen LogP contribution in [0.25, 0.3) is 11.3 Å². The van der Waals surface area contributed by atoms with E-state index in [4.69, 9.17) is 15.6 Å². The van der Waals surface area contributed by atoms with Gasteiger partial charge < -0.3 is 20.5 Å². The summed E-state index contributed by atoms with van der Waals surface area (Å²) in [6, 6.07) is 3.62. The van der Waals surface area contributed by atoms with E-state index in [9.17, 15) is 4.79 Å². The summed E-state index contributed by atoms with van der Waals surface area (Å²) in [7, 11) is 0. The van der Waals surface area contributed by atoms with Crippen LogP contribution < -0.4 is 10.5 Å². The smallest absolute Gasteiger partial charge is 0.407 e. The highest BCUT2D eigenvalue weighted by Gasteiger charge is 2.32. The molecule has 142 valence electrons. The molecular weight excluding hydrogens is 351 g/mol. The molecule has 2 aliphatic rings. The van der Waals surface area contributed by atoms with Gasteiger partial charge in [-0.3, -0.25) is 4.98 Å². The number of carbonyl (C=O) groups is 1. The Labute approximate surface area is 156 Å². The second-order valence-corrected chi connectivity index (χ2v) is 7.16. The number of likely N-dealkylation sites (tertiary alicyclic amines) is 1. The second-order valence-electron chi connectivity index (χ2n) is 7.16. The molecule has 27 heavy (non-hydrogen) atoms. The largest absolute Gasteiger partial charge is 0.490 e. The lowest BCUT2D eigenvalue weighted by Crippen LogP contribution is -2.51. The first-order chi connectivity index (χ1) is 13.0. The van der Waals surface area contributed by atoms with Gasteiger partial charge in [-0.25, -0.2) is 14.2 Å². The van der Waals surface area contributed by atoms with Crippen molar-refractivity contribution in [1.29, 1.82) is 0 Å². The lowest BCUT2D eigenvalue weighted by molar-refractivity contribution is 0.0572. The normalized spacial score (nSPS) is 17.3. The monoisotopic (exact) mass is 372 g/mol. The molecule has 1 aromatic carbocycles. The molecule has 7 nitrogen and oxygen atoms in total. The first-order valence-corrected chi connectivity index (χ1v) is 9.04. The molecule has 0 unspecified atom stereocenters. The van der Waals surface area contributed by atoms with Gasteiger partial charge in [0.05, 0.1) is 24.7 Å². The van der Waals surface area contributed by atoms with Crippen molar-refractivity contribution in [2.24, 2.45) is 5.92 Å². The number of carboxylic acid groups (broad SMARTS) is 1. The summed E-state index contributed by atoms with van der Waals surface area (Å²) in [4.78, 5) is 20.3. The Bertz CT molecular complexity index is 849. The van der Waals surface area contributed by atoms with Gasteiger partial charge in [0.1, 0.15) is 5.82 Å². The molecule has 0 bridgehead atoms. The highest BCUT2D eigenvalue weighted by Crippen LogP contribution is 2.44. The number of rotatable bonds is 5. The van der Waals surface area contributed by atoms with E-state index in [1.807, 2.05) is 6.07 Å². The quantitative estimate of drug-likeness (QED) is 0.836. The molecule has 2 aromatic rings. The fourth-order valence-electron chi connectivity index (χ4n) is 3.47. The van der Waals surface area contributed by atoms with Crippen LogP contribution in [0.15, 0.2) is 24.5 Å². The molecule has 1 saturated heterocycles. The third-order valence-corrected chi connectivity index (χ3v) is 5.31. The number of halogens is 1. The lowest BCUT2D eigenvalue weighted by atomic mass is 9.79. The summed E-state index contributed by atoms with van der Waals surface area (Å²) in [5.41, 5.74) is 7.15. The molecule has 1 aliphatic carbocycles. The fourth-order valence-corrected chi connectivity index (χ4v) is 3.47. The maximum atomic E-state index is 15.3. The molecule has 1 amide bonds. The zero-order valence-corrected chi connectivity index (χ0v) is 14.8. The van der Waals surface area contributed by atoms with Crippen LogP contribution in [0.4, 0.5) is 15.0 Å². The van der Waals surface area contributed by atoms with Crippen LogP contribution in [-0.4, -0.2) is 45.8 Å². The molecule has 1 aliphatic heterocycles. The van der Waals surface area contributed by atoms with Gasteiger partial charge in [0.15, 0.2) is 11.6 Å². The summed E-state index contributed by atoms with van der Waals surface area (Å²) >= 11 is 0. The van der Waals surface area contributed by atoms with Crippen molar-refractivity contribution >= 4 is 11.9 Å². The number of hydrogen-bond acceptors (Lipinski definition) is 5. The van der Waals surface area contributed by atoms with Gasteiger partial charge in [-0.05, 0) is 24.8 Å². The van der Waals surface area contributed by atoms with Crippen molar-refractivity contribution in [1.82, 2.24) is 14.9 Å². The molecule has 1 aromatic heterocycles. The Morgan fingerprint density at radius 3 is 2.67 bits per heavy atom. The van der Waals surface area contributed by atoms with E-state index in [0.29, 0.717) is 30.3 Å². The van der Waals surface area contributed by atoms with Gasteiger partial charge >= 0.3 is 6.09 Å². The Balaban J connectivity index is 1.58. The van der Waals surface area contributed by atoms with Crippen molar-refractivity contribution < 1.29 is 19.0 Å². The van der Waals surface area contributed by atoms with Crippen LogP contribution in [0.2, 0.25) is 0 Å². The number of anilines is 1. The van der Waals surface area contributed by atoms with Gasteiger partial charge in [-0.2, -0.15) is 0 Å². The van der Waals surface area contributed by atoms with E-state index in [-0.39, 0.29) is 24.1 Å². The van der Waals surface area contributed by atoms with Gasteiger partial charge in [-0.15, -0.1) is 0 Å². The number of ether oxygens (including phenoxy) is 1. The van der Waals surface area contributed by atoms with Crippen molar-refractivity contribution in [3.8, 4) is 17.0 Å². The standard InChI is InChI=1S/C19H21FN4O3/c20-17-14(15-6-23-16(21)7-22-15)5-4-13(12-2-1-3-12)18(17)27-10-11-8-24(9-11)19(25)26/h4-7,11-12H,1-3,8-10H2,(H2,21,23)(H,25,26). The number of amides is 1. The number of aromatic nitrogens is 2. The third-order valence-electron chi connectivity index (χ3n) is 5.31. The van der Waals surface area contributed by atoms with E-state index in [2.05, 4.69) is 9.97 Å². The molecule has 0 atom stereocenters. The van der Waals surface area contributed by atoms with Crippen molar-refractivity contribution in [3.63, 3.8) is 0 Å². The number of nitrogens with two attached hydrogens (primary N) is 1. The maximum Gasteiger partial charge on any atom is 0.407 e. The summed E-state index contributed by atoms with van der Waals surface area (Å²) in [5.74, 6) is 0.458. The molecule has 4 rings (SSSR count). The van der Waals surface area contributed by atoms with Crippen LogP contribution in [0, 0.1) is 11.7 Å². The molecule has 0 radical (unpaired) electrons. The molecule has 2 heterocycles. The molecule has 0 spiro atoms. The first-order valence-electron chi connectivity index (χ1n) is 9.04. The average Bonchev–Trinajstić information content (AvgIpc) is 2.55. The fraction of sp³-hybridized carbons (Fsp3) is 0.421. The van der Waals surface area contributed by atoms with Crippen molar-refractivity contribution in [3.05, 3.63) is 35.9 Å². The minimum absolute atomic E-state index is 0.0784. The molecular formula is C19H21FN4O3. The molecule has 8 heteroatoms. The highest BCUT2D eigenvalue weighted by molar-refractivity contribution is 5.66. The summed E-state index contributed by atoms with van der Waals surface area (Å²) in [6.45, 7) is 1.12. The van der Waals surface area contributed by atoms with E-state index in [1.54, 1.807) is 6.07 Å². The minimum atomic E-state index is -0.934. The van der Waals surface area contributed by atoms with Crippen molar-refractivity contribution in [2.45, 2.75) is 25.2 Å². The predicted octanol–water partition coefficient (Wildman–Crippen LogP) is 3.12. The number of hydrogen-bond donors (Lipinski definition) is 2. The van der Waals surface area contributed by atoms with Crippen molar-refractivity contribution in [2.75, 3.05) is 25.4 Å². The summed E-state index contributed by atoms with van der Waals surface area (Å²) in [6.07, 6.45) is 5.07. The van der Waals surface area contributed by atoms with E-state index in [0.717, 1.165) is 24.8 Å². The predicted molar refractivity (Wildman–Crippen MR) is 97.0 cm³/mol.